The second-order valence-electron chi connectivity index (χ2n) is 11.9. The Morgan fingerprint density at radius 2 is 1.54 bits per heavy atom. The number of piperazine rings is 1. The van der Waals surface area contributed by atoms with Gasteiger partial charge in [0.05, 0.1) is 11.9 Å². The Morgan fingerprint density at radius 3 is 2.08 bits per heavy atom. The van der Waals surface area contributed by atoms with Gasteiger partial charge in [0.25, 0.3) is 0 Å². The molecule has 0 atom stereocenters. The third-order valence-corrected chi connectivity index (χ3v) is 10.7. The maximum atomic E-state index is 13.2. The van der Waals surface area contributed by atoms with Crippen molar-refractivity contribution in [2.75, 3.05) is 48.2 Å². The number of nitrogens with zero attached hydrogens (tertiary/aromatic N) is 3. The number of hydrogen-bond acceptors (Lipinski definition) is 4. The second-order valence-corrected chi connectivity index (χ2v) is 14.2. The molecule has 0 spiro atoms. The van der Waals surface area contributed by atoms with Gasteiger partial charge in [-0.05, 0) is 97.6 Å². The van der Waals surface area contributed by atoms with E-state index in [-0.39, 0.29) is 17.9 Å². The summed E-state index contributed by atoms with van der Waals surface area (Å²) in [7, 11) is -3.61. The quantitative estimate of drug-likeness (QED) is 0.520. The number of benzene rings is 2. The molecule has 1 heterocycles. The number of hydrogen-bond donors (Lipinski definition) is 0. The van der Waals surface area contributed by atoms with Gasteiger partial charge in [-0.3, -0.25) is 9.10 Å². The second kappa shape index (κ2) is 9.49. The molecular weight excluding hydrogens is 506 g/mol. The number of anilines is 2. The number of carbonyl (C=O) groups excluding carboxylic acids is 1. The molecule has 2 aromatic carbocycles. The van der Waals surface area contributed by atoms with Crippen LogP contribution in [0.4, 0.5) is 11.4 Å². The van der Waals surface area contributed by atoms with Crippen molar-refractivity contribution in [3.8, 4) is 0 Å². The van der Waals surface area contributed by atoms with Crippen LogP contribution in [0.15, 0.2) is 48.5 Å². The lowest BCUT2D eigenvalue weighted by Crippen LogP contribution is -2.52. The van der Waals surface area contributed by atoms with Gasteiger partial charge < -0.3 is 9.80 Å². The SMILES string of the molecule is CS(=O)(=O)N(CC(=O)N1CCN(c2cccc(Cl)c2)CC1)c1ccc(C23CC4CC(CC(C4)C2)C3)cc1. The Kier molecular flexibility index (Phi) is 6.43. The molecule has 4 aliphatic carbocycles. The predicted molar refractivity (Wildman–Crippen MR) is 149 cm³/mol. The molecule has 0 N–H and O–H groups in total. The van der Waals surface area contributed by atoms with Crippen molar-refractivity contribution in [3.63, 3.8) is 0 Å². The summed E-state index contributed by atoms with van der Waals surface area (Å²) in [4.78, 5) is 17.2. The smallest absolute Gasteiger partial charge is 0.243 e. The molecule has 1 amide bonds. The Hall–Kier alpha value is -2.25. The van der Waals surface area contributed by atoms with Gasteiger partial charge in [-0.15, -0.1) is 0 Å². The summed E-state index contributed by atoms with van der Waals surface area (Å²) >= 11 is 6.13. The van der Waals surface area contributed by atoms with E-state index in [0.29, 0.717) is 36.9 Å². The Bertz CT molecular complexity index is 1240. The molecule has 4 saturated carbocycles. The Morgan fingerprint density at radius 1 is 0.946 bits per heavy atom. The van der Waals surface area contributed by atoms with Crippen LogP contribution in [0, 0.1) is 17.8 Å². The van der Waals surface area contributed by atoms with E-state index in [1.165, 1.54) is 54.6 Å². The van der Waals surface area contributed by atoms with Gasteiger partial charge in [-0.25, -0.2) is 8.42 Å². The molecule has 7 rings (SSSR count). The lowest BCUT2D eigenvalue weighted by atomic mass is 9.48. The lowest BCUT2D eigenvalue weighted by Gasteiger charge is -2.57. The van der Waals surface area contributed by atoms with E-state index in [1.54, 1.807) is 4.90 Å². The number of rotatable bonds is 6. The molecule has 198 valence electrons. The summed E-state index contributed by atoms with van der Waals surface area (Å²) in [6.45, 7) is 2.30. The van der Waals surface area contributed by atoms with E-state index < -0.39 is 10.0 Å². The summed E-state index contributed by atoms with van der Waals surface area (Å²) in [5.74, 6) is 2.41. The number of sulfonamides is 1. The molecule has 1 aliphatic heterocycles. The van der Waals surface area contributed by atoms with Gasteiger partial charge in [0.1, 0.15) is 6.54 Å². The summed E-state index contributed by atoms with van der Waals surface area (Å²) in [5.41, 5.74) is 3.23. The van der Waals surface area contributed by atoms with E-state index in [0.717, 1.165) is 23.4 Å². The Balaban J connectivity index is 1.14. The lowest BCUT2D eigenvalue weighted by molar-refractivity contribution is -0.129. The van der Waals surface area contributed by atoms with Crippen molar-refractivity contribution in [1.29, 1.82) is 0 Å². The minimum absolute atomic E-state index is 0.165. The van der Waals surface area contributed by atoms with Crippen LogP contribution < -0.4 is 9.21 Å². The van der Waals surface area contributed by atoms with Crippen LogP contribution >= 0.6 is 11.6 Å². The fourth-order valence-electron chi connectivity index (χ4n) is 7.96. The fourth-order valence-corrected chi connectivity index (χ4v) is 8.99. The maximum Gasteiger partial charge on any atom is 0.243 e. The third-order valence-electron chi connectivity index (χ3n) is 9.29. The molecule has 37 heavy (non-hydrogen) atoms. The molecule has 0 aromatic heterocycles. The van der Waals surface area contributed by atoms with E-state index in [4.69, 9.17) is 11.6 Å². The minimum atomic E-state index is -3.61. The Labute approximate surface area is 225 Å². The monoisotopic (exact) mass is 541 g/mol. The molecule has 8 heteroatoms. The molecule has 5 aliphatic rings. The van der Waals surface area contributed by atoms with Crippen molar-refractivity contribution >= 4 is 38.9 Å². The highest BCUT2D eigenvalue weighted by Crippen LogP contribution is 2.60. The zero-order valence-corrected chi connectivity index (χ0v) is 23.1. The van der Waals surface area contributed by atoms with E-state index >= 15 is 0 Å². The van der Waals surface area contributed by atoms with Gasteiger partial charge in [0.15, 0.2) is 0 Å². The van der Waals surface area contributed by atoms with Crippen LogP contribution in [0.3, 0.4) is 0 Å². The zero-order chi connectivity index (χ0) is 25.8. The molecular formula is C29H36ClN3O3S. The first kappa shape index (κ1) is 25.1. The van der Waals surface area contributed by atoms with Crippen LogP contribution in [0.1, 0.15) is 44.1 Å². The maximum absolute atomic E-state index is 13.2. The average molecular weight is 542 g/mol. The first-order valence-corrected chi connectivity index (χ1v) is 15.8. The highest BCUT2D eigenvalue weighted by Gasteiger charge is 2.51. The summed E-state index contributed by atoms with van der Waals surface area (Å²) < 4.78 is 26.8. The predicted octanol–water partition coefficient (Wildman–Crippen LogP) is 4.92. The largest absolute Gasteiger partial charge is 0.368 e. The molecule has 0 radical (unpaired) electrons. The number of halogens is 1. The fraction of sp³-hybridized carbons (Fsp3) is 0.552. The van der Waals surface area contributed by atoms with Crippen molar-refractivity contribution in [1.82, 2.24) is 4.90 Å². The summed E-state index contributed by atoms with van der Waals surface area (Å²) in [6, 6.07) is 15.8. The topological polar surface area (TPSA) is 60.9 Å². The molecule has 0 unspecified atom stereocenters. The van der Waals surface area contributed by atoms with Gasteiger partial charge in [-0.2, -0.15) is 0 Å². The summed E-state index contributed by atoms with van der Waals surface area (Å²) in [5, 5.41) is 0.689. The van der Waals surface area contributed by atoms with Crippen molar-refractivity contribution in [2.45, 2.75) is 43.9 Å². The van der Waals surface area contributed by atoms with Crippen LogP contribution in [0.25, 0.3) is 0 Å². The molecule has 6 nitrogen and oxygen atoms in total. The van der Waals surface area contributed by atoms with Crippen molar-refractivity contribution in [2.24, 2.45) is 17.8 Å². The number of amides is 1. The van der Waals surface area contributed by atoms with E-state index in [1.807, 2.05) is 36.4 Å². The van der Waals surface area contributed by atoms with E-state index in [2.05, 4.69) is 17.0 Å². The highest BCUT2D eigenvalue weighted by atomic mass is 35.5. The van der Waals surface area contributed by atoms with Gasteiger partial charge in [-0.1, -0.05) is 29.8 Å². The molecule has 2 aromatic rings. The standard InChI is InChI=1S/C29H36ClN3O3S/c1-37(35,36)33(20-28(34)32-11-9-31(10-12-32)27-4-2-3-25(30)16-27)26-7-5-24(6-8-26)29-17-21-13-22(18-29)15-23(14-21)19-29/h2-8,16,21-23H,9-15,17-20H2,1H3. The minimum Gasteiger partial charge on any atom is -0.368 e. The van der Waals surface area contributed by atoms with Crippen molar-refractivity contribution < 1.29 is 13.2 Å². The first-order chi connectivity index (χ1) is 17.7. The van der Waals surface area contributed by atoms with Crippen molar-refractivity contribution in [3.05, 3.63) is 59.1 Å². The average Bonchev–Trinajstić information content (AvgIpc) is 2.86. The summed E-state index contributed by atoms with van der Waals surface area (Å²) in [6.07, 6.45) is 9.19. The van der Waals surface area contributed by atoms with Gasteiger partial charge >= 0.3 is 0 Å². The highest BCUT2D eigenvalue weighted by molar-refractivity contribution is 7.92. The molecule has 1 saturated heterocycles. The third kappa shape index (κ3) is 4.97. The van der Waals surface area contributed by atoms with Crippen LogP contribution in [0.2, 0.25) is 5.02 Å². The van der Waals surface area contributed by atoms with Crippen LogP contribution in [0.5, 0.6) is 0 Å². The van der Waals surface area contributed by atoms with Gasteiger partial charge in [0, 0.05) is 36.9 Å². The normalized spacial score (nSPS) is 29.0. The zero-order valence-electron chi connectivity index (χ0n) is 21.5. The van der Waals surface area contributed by atoms with Crippen LogP contribution in [-0.2, 0) is 20.2 Å². The molecule has 5 fully saturated rings. The van der Waals surface area contributed by atoms with E-state index in [9.17, 15) is 13.2 Å². The molecule has 4 bridgehead atoms. The number of carbonyl (C=O) groups is 1. The van der Waals surface area contributed by atoms with Gasteiger partial charge in [0.2, 0.25) is 15.9 Å². The van der Waals surface area contributed by atoms with Crippen LogP contribution in [-0.4, -0.2) is 58.2 Å². The first-order valence-electron chi connectivity index (χ1n) is 13.6.